The van der Waals surface area contributed by atoms with Crippen LogP contribution in [-0.4, -0.2) is 22.6 Å². The molecular weight excluding hydrogens is 288 g/mol. The highest BCUT2D eigenvalue weighted by molar-refractivity contribution is 7.80. The van der Waals surface area contributed by atoms with Crippen LogP contribution in [0, 0.1) is 5.41 Å². The Morgan fingerprint density at radius 2 is 1.30 bits per heavy atom. The lowest BCUT2D eigenvalue weighted by molar-refractivity contribution is -0.149. The zero-order chi connectivity index (χ0) is 15.3. The predicted octanol–water partition coefficient (Wildman–Crippen LogP) is 5.23. The number of thiol groups is 2. The summed E-state index contributed by atoms with van der Waals surface area (Å²) in [4.78, 5) is 11.6. The SMILES string of the molecule is CCCCCCCCCCC(CCS)(CCS)C(=O)O. The van der Waals surface area contributed by atoms with Crippen LogP contribution in [0.3, 0.4) is 0 Å². The predicted molar refractivity (Wildman–Crippen MR) is 94.2 cm³/mol. The Kier molecular flexibility index (Phi) is 13.0. The van der Waals surface area contributed by atoms with Gasteiger partial charge >= 0.3 is 5.97 Å². The minimum atomic E-state index is -0.663. The summed E-state index contributed by atoms with van der Waals surface area (Å²) in [7, 11) is 0. The van der Waals surface area contributed by atoms with Crippen molar-refractivity contribution in [1.82, 2.24) is 0 Å². The summed E-state index contributed by atoms with van der Waals surface area (Å²) in [5, 5.41) is 9.52. The van der Waals surface area contributed by atoms with Gasteiger partial charge in [-0.2, -0.15) is 25.3 Å². The summed E-state index contributed by atoms with van der Waals surface area (Å²) in [6, 6.07) is 0. The van der Waals surface area contributed by atoms with Crippen LogP contribution in [0.25, 0.3) is 0 Å². The van der Waals surface area contributed by atoms with E-state index in [2.05, 4.69) is 32.2 Å². The molecule has 0 aliphatic rings. The van der Waals surface area contributed by atoms with Crippen LogP contribution < -0.4 is 0 Å². The number of hydrogen-bond acceptors (Lipinski definition) is 3. The lowest BCUT2D eigenvalue weighted by Crippen LogP contribution is -2.32. The van der Waals surface area contributed by atoms with Crippen LogP contribution in [0.2, 0.25) is 0 Å². The summed E-state index contributed by atoms with van der Waals surface area (Å²) in [6.45, 7) is 2.23. The van der Waals surface area contributed by atoms with Crippen LogP contribution in [0.5, 0.6) is 0 Å². The highest BCUT2D eigenvalue weighted by Crippen LogP contribution is 2.34. The molecule has 0 aromatic carbocycles. The van der Waals surface area contributed by atoms with Gasteiger partial charge in [-0.3, -0.25) is 4.79 Å². The monoisotopic (exact) mass is 320 g/mol. The van der Waals surface area contributed by atoms with E-state index in [0.717, 1.165) is 19.3 Å². The van der Waals surface area contributed by atoms with Gasteiger partial charge in [0.15, 0.2) is 0 Å². The second-order valence-electron chi connectivity index (χ2n) is 5.76. The first-order valence-electron chi connectivity index (χ1n) is 8.08. The number of carboxylic acid groups (broad SMARTS) is 1. The molecule has 0 fully saturated rings. The van der Waals surface area contributed by atoms with Crippen molar-refractivity contribution in [1.29, 1.82) is 0 Å². The molecular formula is C16H32O2S2. The molecule has 0 bridgehead atoms. The molecule has 0 unspecified atom stereocenters. The number of unbranched alkanes of at least 4 members (excludes halogenated alkanes) is 7. The van der Waals surface area contributed by atoms with Crippen LogP contribution in [-0.2, 0) is 4.79 Å². The molecule has 0 radical (unpaired) electrons. The molecule has 0 saturated carbocycles. The molecule has 0 spiro atoms. The van der Waals surface area contributed by atoms with Gasteiger partial charge in [-0.25, -0.2) is 0 Å². The summed E-state index contributed by atoms with van der Waals surface area (Å²) in [6.07, 6.45) is 12.1. The first kappa shape index (κ1) is 20.2. The van der Waals surface area contributed by atoms with Crippen molar-refractivity contribution in [2.24, 2.45) is 5.41 Å². The molecule has 4 heteroatoms. The number of carboxylic acids is 1. The lowest BCUT2D eigenvalue weighted by atomic mass is 9.77. The fourth-order valence-electron chi connectivity index (χ4n) is 2.72. The zero-order valence-electron chi connectivity index (χ0n) is 12.9. The molecule has 2 nitrogen and oxygen atoms in total. The second kappa shape index (κ2) is 12.9. The van der Waals surface area contributed by atoms with Crippen molar-refractivity contribution < 1.29 is 9.90 Å². The molecule has 0 aliphatic heterocycles. The maximum absolute atomic E-state index is 11.6. The van der Waals surface area contributed by atoms with Crippen LogP contribution in [0.1, 0.15) is 77.6 Å². The summed E-state index contributed by atoms with van der Waals surface area (Å²) in [5.41, 5.74) is -0.592. The van der Waals surface area contributed by atoms with E-state index in [1.165, 1.54) is 38.5 Å². The Hall–Kier alpha value is 0.170. The van der Waals surface area contributed by atoms with Gasteiger partial charge in [0.05, 0.1) is 5.41 Å². The summed E-state index contributed by atoms with van der Waals surface area (Å²) in [5.74, 6) is 0.609. The largest absolute Gasteiger partial charge is 0.481 e. The number of hydrogen-bond donors (Lipinski definition) is 3. The molecule has 0 heterocycles. The minimum absolute atomic E-state index is 0.592. The van der Waals surface area contributed by atoms with Gasteiger partial charge in [0.25, 0.3) is 0 Å². The third kappa shape index (κ3) is 8.46. The molecule has 120 valence electrons. The normalized spacial score (nSPS) is 11.8. The average molecular weight is 321 g/mol. The van der Waals surface area contributed by atoms with Crippen molar-refractivity contribution >= 4 is 31.2 Å². The Morgan fingerprint density at radius 1 is 0.850 bits per heavy atom. The summed E-state index contributed by atoms with van der Waals surface area (Å²) >= 11 is 8.45. The maximum atomic E-state index is 11.6. The van der Waals surface area contributed by atoms with Crippen molar-refractivity contribution in [2.75, 3.05) is 11.5 Å². The van der Waals surface area contributed by atoms with E-state index in [-0.39, 0.29) is 0 Å². The van der Waals surface area contributed by atoms with Crippen molar-refractivity contribution in [3.05, 3.63) is 0 Å². The van der Waals surface area contributed by atoms with Crippen molar-refractivity contribution in [3.8, 4) is 0 Å². The van der Waals surface area contributed by atoms with Crippen LogP contribution >= 0.6 is 25.3 Å². The quantitative estimate of drug-likeness (QED) is 0.303. The van der Waals surface area contributed by atoms with Gasteiger partial charge in [-0.1, -0.05) is 58.3 Å². The molecule has 0 aromatic rings. The van der Waals surface area contributed by atoms with E-state index in [4.69, 9.17) is 0 Å². The van der Waals surface area contributed by atoms with Gasteiger partial charge in [0.1, 0.15) is 0 Å². The van der Waals surface area contributed by atoms with E-state index in [1.807, 2.05) is 0 Å². The molecule has 0 saturated heterocycles. The van der Waals surface area contributed by atoms with Gasteiger partial charge in [-0.05, 0) is 30.8 Å². The van der Waals surface area contributed by atoms with Gasteiger partial charge in [-0.15, -0.1) is 0 Å². The molecule has 0 amide bonds. The molecule has 0 atom stereocenters. The fourth-order valence-corrected chi connectivity index (χ4v) is 3.58. The smallest absolute Gasteiger partial charge is 0.309 e. The van der Waals surface area contributed by atoms with E-state index >= 15 is 0 Å². The number of rotatable bonds is 14. The van der Waals surface area contributed by atoms with Crippen LogP contribution in [0.15, 0.2) is 0 Å². The molecule has 1 N–H and O–H groups in total. The first-order chi connectivity index (χ1) is 9.63. The Labute approximate surface area is 135 Å². The van der Waals surface area contributed by atoms with Crippen LogP contribution in [0.4, 0.5) is 0 Å². The molecule has 0 aromatic heterocycles. The minimum Gasteiger partial charge on any atom is -0.481 e. The second-order valence-corrected chi connectivity index (χ2v) is 6.65. The van der Waals surface area contributed by atoms with Gasteiger partial charge < -0.3 is 5.11 Å². The lowest BCUT2D eigenvalue weighted by Gasteiger charge is -2.28. The zero-order valence-corrected chi connectivity index (χ0v) is 14.7. The Bertz CT molecular complexity index is 239. The van der Waals surface area contributed by atoms with Gasteiger partial charge in [0.2, 0.25) is 0 Å². The highest BCUT2D eigenvalue weighted by atomic mass is 32.1. The summed E-state index contributed by atoms with van der Waals surface area (Å²) < 4.78 is 0. The highest BCUT2D eigenvalue weighted by Gasteiger charge is 2.36. The number of aliphatic carboxylic acids is 1. The molecule has 0 rings (SSSR count). The third-order valence-corrected chi connectivity index (χ3v) is 4.59. The van der Waals surface area contributed by atoms with E-state index in [9.17, 15) is 9.90 Å². The van der Waals surface area contributed by atoms with E-state index < -0.39 is 11.4 Å². The van der Waals surface area contributed by atoms with Crippen molar-refractivity contribution in [2.45, 2.75) is 77.6 Å². The maximum Gasteiger partial charge on any atom is 0.309 e. The topological polar surface area (TPSA) is 37.3 Å². The Morgan fingerprint density at radius 3 is 1.70 bits per heavy atom. The van der Waals surface area contributed by atoms with E-state index in [1.54, 1.807) is 0 Å². The van der Waals surface area contributed by atoms with Gasteiger partial charge in [0, 0.05) is 0 Å². The van der Waals surface area contributed by atoms with Crippen molar-refractivity contribution in [3.63, 3.8) is 0 Å². The number of carbonyl (C=O) groups is 1. The third-order valence-electron chi connectivity index (χ3n) is 4.14. The fraction of sp³-hybridized carbons (Fsp3) is 0.938. The molecule has 0 aliphatic carbocycles. The van der Waals surface area contributed by atoms with E-state index in [0.29, 0.717) is 24.3 Å². The average Bonchev–Trinajstić information content (AvgIpc) is 2.42. The standard InChI is InChI=1S/C16H32O2S2/c1-2-3-4-5-6-7-8-9-10-16(11-13-19,12-14-20)15(17)18/h19-20H,2-14H2,1H3,(H,17,18). The Balaban J connectivity index is 3.93. The molecule has 20 heavy (non-hydrogen) atoms. The first-order valence-corrected chi connectivity index (χ1v) is 9.34.